The zero-order valence-corrected chi connectivity index (χ0v) is 12.2. The Bertz CT molecular complexity index is 550. The number of hydrogen-bond acceptors (Lipinski definition) is 4. The lowest BCUT2D eigenvalue weighted by Crippen LogP contribution is -2.62. The number of fused-ring (bicyclic) bond motifs is 1. The molecule has 4 rings (SSSR count). The number of rotatable bonds is 6. The number of carboxylic acid groups (broad SMARTS) is 1. The molecule has 1 aliphatic heterocycles. The normalized spacial score (nSPS) is 25.3. The van der Waals surface area contributed by atoms with Gasteiger partial charge in [-0.1, -0.05) is 0 Å². The largest absolute Gasteiger partial charge is 0.480 e. The average Bonchev–Trinajstić information content (AvgIpc) is 3.36. The summed E-state index contributed by atoms with van der Waals surface area (Å²) in [6, 6.07) is 0.411. The van der Waals surface area contributed by atoms with Crippen molar-refractivity contribution in [2.75, 3.05) is 13.1 Å². The van der Waals surface area contributed by atoms with E-state index in [2.05, 4.69) is 19.8 Å². The standard InChI is InChI=1S/C15H22N4O2/c20-14(21)15(11-1-2-11,17-12-3-4-12)10-18-7-8-19-6-5-16-13(19)9-18/h5-6,11-12,17H,1-4,7-10H2,(H,20,21). The summed E-state index contributed by atoms with van der Waals surface area (Å²) in [6.07, 6.45) is 8.13. The molecule has 21 heavy (non-hydrogen) atoms. The van der Waals surface area contributed by atoms with E-state index in [-0.39, 0.29) is 5.92 Å². The number of aliphatic carboxylic acids is 1. The van der Waals surface area contributed by atoms with Crippen molar-refractivity contribution in [1.82, 2.24) is 19.8 Å². The van der Waals surface area contributed by atoms with Crippen LogP contribution in [0.1, 0.15) is 31.5 Å². The average molecular weight is 290 g/mol. The first-order valence-corrected chi connectivity index (χ1v) is 7.91. The van der Waals surface area contributed by atoms with E-state index in [0.717, 1.165) is 51.1 Å². The molecule has 2 heterocycles. The van der Waals surface area contributed by atoms with Crippen molar-refractivity contribution >= 4 is 5.97 Å². The van der Waals surface area contributed by atoms with Crippen molar-refractivity contribution in [2.45, 2.75) is 50.4 Å². The van der Waals surface area contributed by atoms with Crippen molar-refractivity contribution in [3.63, 3.8) is 0 Å². The fourth-order valence-electron chi connectivity index (χ4n) is 3.48. The Morgan fingerprint density at radius 2 is 2.19 bits per heavy atom. The van der Waals surface area contributed by atoms with Crippen LogP contribution in [0, 0.1) is 5.92 Å². The van der Waals surface area contributed by atoms with Gasteiger partial charge in [-0.25, -0.2) is 4.98 Å². The van der Waals surface area contributed by atoms with Gasteiger partial charge in [-0.05, 0) is 31.6 Å². The Hall–Kier alpha value is -1.40. The van der Waals surface area contributed by atoms with Crippen LogP contribution in [0.2, 0.25) is 0 Å². The minimum atomic E-state index is -0.754. The maximum Gasteiger partial charge on any atom is 0.325 e. The first-order chi connectivity index (χ1) is 10.2. The molecule has 1 unspecified atom stereocenters. The van der Waals surface area contributed by atoms with Crippen molar-refractivity contribution < 1.29 is 9.90 Å². The molecule has 2 aliphatic carbocycles. The third kappa shape index (κ3) is 2.46. The first-order valence-electron chi connectivity index (χ1n) is 7.91. The van der Waals surface area contributed by atoms with E-state index in [4.69, 9.17) is 0 Å². The zero-order valence-electron chi connectivity index (χ0n) is 12.2. The van der Waals surface area contributed by atoms with Crippen molar-refractivity contribution in [1.29, 1.82) is 0 Å². The van der Waals surface area contributed by atoms with Crippen LogP contribution in [0.3, 0.4) is 0 Å². The van der Waals surface area contributed by atoms with E-state index in [1.807, 2.05) is 12.4 Å². The number of aromatic nitrogens is 2. The minimum Gasteiger partial charge on any atom is -0.480 e. The summed E-state index contributed by atoms with van der Waals surface area (Å²) in [5, 5.41) is 13.3. The Kier molecular flexibility index (Phi) is 3.04. The molecular weight excluding hydrogens is 268 g/mol. The van der Waals surface area contributed by atoms with Gasteiger partial charge >= 0.3 is 5.97 Å². The van der Waals surface area contributed by atoms with Gasteiger partial charge in [0.05, 0.1) is 6.54 Å². The van der Waals surface area contributed by atoms with Crippen LogP contribution in [0.4, 0.5) is 0 Å². The Labute approximate surface area is 124 Å². The Balaban J connectivity index is 1.53. The predicted molar refractivity (Wildman–Crippen MR) is 76.8 cm³/mol. The van der Waals surface area contributed by atoms with Crippen molar-refractivity contribution in [3.8, 4) is 0 Å². The van der Waals surface area contributed by atoms with Gasteiger partial charge in [0.1, 0.15) is 11.4 Å². The Morgan fingerprint density at radius 1 is 1.38 bits per heavy atom. The number of imidazole rings is 1. The van der Waals surface area contributed by atoms with E-state index in [1.54, 1.807) is 0 Å². The van der Waals surface area contributed by atoms with Crippen LogP contribution >= 0.6 is 0 Å². The van der Waals surface area contributed by atoms with Gasteiger partial charge in [0, 0.05) is 38.1 Å². The topological polar surface area (TPSA) is 70.4 Å². The Morgan fingerprint density at radius 3 is 2.86 bits per heavy atom. The second-order valence-electron chi connectivity index (χ2n) is 6.72. The van der Waals surface area contributed by atoms with Crippen LogP contribution in [-0.4, -0.2) is 50.2 Å². The SMILES string of the molecule is O=C(O)C(CN1CCn2ccnc2C1)(NC1CC1)C1CC1. The summed E-state index contributed by atoms with van der Waals surface area (Å²) >= 11 is 0. The predicted octanol–water partition coefficient (Wildman–Crippen LogP) is 0.684. The van der Waals surface area contributed by atoms with Gasteiger partial charge < -0.3 is 9.67 Å². The summed E-state index contributed by atoms with van der Waals surface area (Å²) in [4.78, 5) is 18.6. The molecule has 2 saturated carbocycles. The molecule has 2 fully saturated rings. The summed E-state index contributed by atoms with van der Waals surface area (Å²) in [5.41, 5.74) is -0.754. The van der Waals surface area contributed by atoms with Crippen molar-refractivity contribution in [2.24, 2.45) is 5.92 Å². The zero-order chi connectivity index (χ0) is 14.4. The summed E-state index contributed by atoms with van der Waals surface area (Å²) in [5.74, 6) is 0.658. The van der Waals surface area contributed by atoms with E-state index in [9.17, 15) is 9.90 Å². The molecule has 0 aromatic carbocycles. The molecule has 0 radical (unpaired) electrons. The monoisotopic (exact) mass is 290 g/mol. The third-order valence-corrected chi connectivity index (χ3v) is 4.99. The molecule has 6 heteroatoms. The van der Waals surface area contributed by atoms with Gasteiger partial charge in [0.25, 0.3) is 0 Å². The number of nitrogens with one attached hydrogen (secondary N) is 1. The summed E-state index contributed by atoms with van der Waals surface area (Å²) in [6.45, 7) is 3.15. The highest BCUT2D eigenvalue weighted by molar-refractivity contribution is 5.80. The quantitative estimate of drug-likeness (QED) is 0.806. The molecule has 0 saturated heterocycles. The lowest BCUT2D eigenvalue weighted by Gasteiger charge is -2.38. The molecule has 1 aromatic rings. The highest BCUT2D eigenvalue weighted by atomic mass is 16.4. The van der Waals surface area contributed by atoms with Crippen LogP contribution in [0.5, 0.6) is 0 Å². The molecule has 0 bridgehead atoms. The molecule has 6 nitrogen and oxygen atoms in total. The molecule has 0 spiro atoms. The highest BCUT2D eigenvalue weighted by Gasteiger charge is 2.54. The molecule has 114 valence electrons. The van der Waals surface area contributed by atoms with Gasteiger partial charge in [-0.3, -0.25) is 15.0 Å². The van der Waals surface area contributed by atoms with Crippen LogP contribution in [-0.2, 0) is 17.9 Å². The third-order valence-electron chi connectivity index (χ3n) is 4.99. The molecule has 1 aromatic heterocycles. The molecule has 3 aliphatic rings. The number of hydrogen-bond donors (Lipinski definition) is 2. The lowest BCUT2D eigenvalue weighted by molar-refractivity contribution is -0.147. The summed E-state index contributed by atoms with van der Waals surface area (Å²) < 4.78 is 2.16. The number of carboxylic acids is 1. The highest BCUT2D eigenvalue weighted by Crippen LogP contribution is 2.42. The van der Waals surface area contributed by atoms with E-state index >= 15 is 0 Å². The van der Waals surface area contributed by atoms with Crippen LogP contribution in [0.15, 0.2) is 12.4 Å². The lowest BCUT2D eigenvalue weighted by atomic mass is 9.91. The number of nitrogens with zero attached hydrogens (tertiary/aromatic N) is 3. The summed E-state index contributed by atoms with van der Waals surface area (Å²) in [7, 11) is 0. The first kappa shape index (κ1) is 13.3. The van der Waals surface area contributed by atoms with Gasteiger partial charge in [-0.2, -0.15) is 0 Å². The molecule has 0 amide bonds. The van der Waals surface area contributed by atoms with E-state index in [1.165, 1.54) is 0 Å². The maximum atomic E-state index is 12.0. The molecule has 2 N–H and O–H groups in total. The second kappa shape index (κ2) is 4.81. The van der Waals surface area contributed by atoms with Crippen molar-refractivity contribution in [3.05, 3.63) is 18.2 Å². The fourth-order valence-corrected chi connectivity index (χ4v) is 3.48. The van der Waals surface area contributed by atoms with Crippen LogP contribution in [0.25, 0.3) is 0 Å². The fraction of sp³-hybridized carbons (Fsp3) is 0.733. The van der Waals surface area contributed by atoms with Gasteiger partial charge in [-0.15, -0.1) is 0 Å². The second-order valence-corrected chi connectivity index (χ2v) is 6.72. The van der Waals surface area contributed by atoms with Crippen LogP contribution < -0.4 is 5.32 Å². The van der Waals surface area contributed by atoms with Gasteiger partial charge in [0.2, 0.25) is 0 Å². The smallest absolute Gasteiger partial charge is 0.325 e. The minimum absolute atomic E-state index is 0.289. The molecular formula is C15H22N4O2. The van der Waals surface area contributed by atoms with Gasteiger partial charge in [0.15, 0.2) is 0 Å². The maximum absolute atomic E-state index is 12.0. The number of carbonyl (C=O) groups is 1. The molecule has 1 atom stereocenters. The van der Waals surface area contributed by atoms with E-state index in [0.29, 0.717) is 12.6 Å². The van der Waals surface area contributed by atoms with E-state index < -0.39 is 11.5 Å².